The molecule has 176 valence electrons. The fourth-order valence-corrected chi connectivity index (χ4v) is 3.36. The van der Waals surface area contributed by atoms with Gasteiger partial charge in [-0.25, -0.2) is 9.37 Å². The molecule has 0 saturated carbocycles. The number of unbranched alkanes of at least 4 members (excludes halogenated alkanes) is 1. The summed E-state index contributed by atoms with van der Waals surface area (Å²) in [5.74, 6) is 0.235. The third-order valence-corrected chi connectivity index (χ3v) is 5.33. The summed E-state index contributed by atoms with van der Waals surface area (Å²) in [5.41, 5.74) is 1.75. The van der Waals surface area contributed by atoms with Crippen LogP contribution in [0.5, 0.6) is 5.75 Å². The number of aromatic nitrogens is 3. The molecule has 0 spiro atoms. The van der Waals surface area contributed by atoms with Crippen LogP contribution in [-0.4, -0.2) is 27.2 Å². The zero-order chi connectivity index (χ0) is 23.9. The first-order chi connectivity index (χ1) is 16.5. The van der Waals surface area contributed by atoms with Crippen molar-refractivity contribution < 1.29 is 18.4 Å². The van der Waals surface area contributed by atoms with Crippen molar-refractivity contribution in [1.82, 2.24) is 20.0 Å². The van der Waals surface area contributed by atoms with E-state index in [2.05, 4.69) is 22.4 Å². The monoisotopic (exact) mass is 464 g/mol. The number of halogens is 1. The fourth-order valence-electron chi connectivity index (χ4n) is 3.36. The summed E-state index contributed by atoms with van der Waals surface area (Å²) in [6.45, 7) is 3.32. The quantitative estimate of drug-likeness (QED) is 0.355. The molecule has 0 aliphatic carbocycles. The SMILES string of the molecule is CCCCOc1ccc(CNC(=O)CCn2cnc3c(-c4ccc(F)cc4)noc3c2=O)cc1. The second-order valence-corrected chi connectivity index (χ2v) is 7.83. The van der Waals surface area contributed by atoms with E-state index in [4.69, 9.17) is 9.26 Å². The molecule has 1 N–H and O–H groups in total. The minimum Gasteiger partial charge on any atom is -0.494 e. The Balaban J connectivity index is 1.33. The smallest absolute Gasteiger partial charge is 0.299 e. The molecule has 2 heterocycles. The Labute approximate surface area is 195 Å². The molecule has 0 saturated heterocycles. The van der Waals surface area contributed by atoms with E-state index >= 15 is 0 Å². The number of aryl methyl sites for hydroxylation is 1. The predicted molar refractivity (Wildman–Crippen MR) is 125 cm³/mol. The van der Waals surface area contributed by atoms with Crippen LogP contribution in [0.4, 0.5) is 4.39 Å². The Morgan fingerprint density at radius 1 is 1.15 bits per heavy atom. The number of carbonyl (C=O) groups is 1. The number of ether oxygens (including phenoxy) is 1. The maximum atomic E-state index is 13.2. The van der Waals surface area contributed by atoms with Gasteiger partial charge in [-0.2, -0.15) is 0 Å². The summed E-state index contributed by atoms with van der Waals surface area (Å²) < 4.78 is 25.3. The molecule has 4 rings (SSSR count). The van der Waals surface area contributed by atoms with Crippen molar-refractivity contribution in [1.29, 1.82) is 0 Å². The highest BCUT2D eigenvalue weighted by Crippen LogP contribution is 2.24. The summed E-state index contributed by atoms with van der Waals surface area (Å²) in [5, 5.41) is 6.77. The van der Waals surface area contributed by atoms with Gasteiger partial charge in [0.2, 0.25) is 5.91 Å². The third kappa shape index (κ3) is 5.48. The van der Waals surface area contributed by atoms with E-state index < -0.39 is 5.56 Å². The van der Waals surface area contributed by atoms with E-state index in [9.17, 15) is 14.0 Å². The molecule has 0 fully saturated rings. The van der Waals surface area contributed by atoms with Gasteiger partial charge in [0.05, 0.1) is 12.9 Å². The van der Waals surface area contributed by atoms with Crippen LogP contribution in [0, 0.1) is 5.82 Å². The van der Waals surface area contributed by atoms with Crippen LogP contribution in [-0.2, 0) is 17.9 Å². The summed E-state index contributed by atoms with van der Waals surface area (Å²) in [4.78, 5) is 29.3. The second-order valence-electron chi connectivity index (χ2n) is 7.83. The van der Waals surface area contributed by atoms with Gasteiger partial charge >= 0.3 is 0 Å². The average molecular weight is 464 g/mol. The lowest BCUT2D eigenvalue weighted by Gasteiger charge is -2.08. The van der Waals surface area contributed by atoms with Crippen molar-refractivity contribution in [2.45, 2.75) is 39.3 Å². The van der Waals surface area contributed by atoms with Crippen molar-refractivity contribution >= 4 is 17.0 Å². The highest BCUT2D eigenvalue weighted by Gasteiger charge is 2.17. The van der Waals surface area contributed by atoms with Gasteiger partial charge in [-0.1, -0.05) is 30.6 Å². The maximum absolute atomic E-state index is 13.2. The number of nitrogens with one attached hydrogen (secondary N) is 1. The molecule has 0 aliphatic rings. The Bertz CT molecular complexity index is 1310. The standard InChI is InChI=1S/C25H25FN4O4/c1-2-3-14-33-20-10-4-17(5-11-20)15-27-21(31)12-13-30-16-28-23-22(29-34-24(23)25(30)32)18-6-8-19(26)9-7-18/h4-11,16H,2-3,12-15H2,1H3,(H,27,31). The zero-order valence-electron chi connectivity index (χ0n) is 18.8. The van der Waals surface area contributed by atoms with Crippen molar-refractivity contribution in [3.05, 3.63) is 76.6 Å². The van der Waals surface area contributed by atoms with Gasteiger partial charge in [0, 0.05) is 25.1 Å². The molecule has 34 heavy (non-hydrogen) atoms. The van der Waals surface area contributed by atoms with Gasteiger partial charge in [-0.05, 0) is 48.4 Å². The lowest BCUT2D eigenvalue weighted by molar-refractivity contribution is -0.121. The molecule has 0 radical (unpaired) electrons. The van der Waals surface area contributed by atoms with Gasteiger partial charge in [0.15, 0.2) is 0 Å². The van der Waals surface area contributed by atoms with Crippen LogP contribution >= 0.6 is 0 Å². The predicted octanol–water partition coefficient (Wildman–Crippen LogP) is 4.08. The molecule has 8 nitrogen and oxygen atoms in total. The Kier molecular flexibility index (Phi) is 7.31. The van der Waals surface area contributed by atoms with E-state index in [1.54, 1.807) is 0 Å². The highest BCUT2D eigenvalue weighted by molar-refractivity contribution is 5.87. The topological polar surface area (TPSA) is 99.2 Å². The zero-order valence-corrected chi connectivity index (χ0v) is 18.8. The molecule has 0 aliphatic heterocycles. The minimum atomic E-state index is -0.433. The van der Waals surface area contributed by atoms with Crippen LogP contribution in [0.1, 0.15) is 31.7 Å². The Morgan fingerprint density at radius 2 is 1.91 bits per heavy atom. The second kappa shape index (κ2) is 10.7. The number of fused-ring (bicyclic) bond motifs is 1. The van der Waals surface area contributed by atoms with Gasteiger partial charge < -0.3 is 14.6 Å². The minimum absolute atomic E-state index is 0.0107. The fraction of sp³-hybridized carbons (Fsp3) is 0.280. The normalized spacial score (nSPS) is 11.0. The molecule has 0 bridgehead atoms. The molecule has 0 unspecified atom stereocenters. The Hall–Kier alpha value is -4.01. The molecule has 9 heteroatoms. The van der Waals surface area contributed by atoms with Crippen molar-refractivity contribution in [3.8, 4) is 17.0 Å². The number of amides is 1. The molecular weight excluding hydrogens is 439 g/mol. The number of nitrogens with zero attached hydrogens (tertiary/aromatic N) is 3. The van der Waals surface area contributed by atoms with Gasteiger partial charge in [0.25, 0.3) is 11.1 Å². The molecule has 2 aromatic carbocycles. The molecule has 2 aromatic heterocycles. The van der Waals surface area contributed by atoms with Gasteiger partial charge in [-0.15, -0.1) is 0 Å². The van der Waals surface area contributed by atoms with Crippen molar-refractivity contribution in [2.75, 3.05) is 6.61 Å². The number of hydrogen-bond acceptors (Lipinski definition) is 6. The first-order valence-corrected chi connectivity index (χ1v) is 11.1. The van der Waals surface area contributed by atoms with Crippen LogP contribution in [0.3, 0.4) is 0 Å². The Morgan fingerprint density at radius 3 is 2.65 bits per heavy atom. The van der Waals surface area contributed by atoms with Crippen LogP contribution < -0.4 is 15.6 Å². The summed E-state index contributed by atoms with van der Waals surface area (Å²) in [6.07, 6.45) is 3.55. The van der Waals surface area contributed by atoms with Crippen LogP contribution in [0.25, 0.3) is 22.4 Å². The number of hydrogen-bond donors (Lipinski definition) is 1. The lowest BCUT2D eigenvalue weighted by Crippen LogP contribution is -2.27. The van der Waals surface area contributed by atoms with E-state index in [-0.39, 0.29) is 30.3 Å². The van der Waals surface area contributed by atoms with Crippen molar-refractivity contribution in [3.63, 3.8) is 0 Å². The first-order valence-electron chi connectivity index (χ1n) is 11.1. The highest BCUT2D eigenvalue weighted by atomic mass is 19.1. The number of carbonyl (C=O) groups excluding carboxylic acids is 1. The van der Waals surface area contributed by atoms with E-state index in [0.717, 1.165) is 24.2 Å². The number of benzene rings is 2. The largest absolute Gasteiger partial charge is 0.494 e. The maximum Gasteiger partial charge on any atom is 0.299 e. The van der Waals surface area contributed by atoms with Gasteiger partial charge in [-0.3, -0.25) is 14.2 Å². The lowest BCUT2D eigenvalue weighted by atomic mass is 10.1. The summed E-state index contributed by atoms with van der Waals surface area (Å²) in [7, 11) is 0. The summed E-state index contributed by atoms with van der Waals surface area (Å²) in [6, 6.07) is 13.3. The van der Waals surface area contributed by atoms with Crippen LogP contribution in [0.2, 0.25) is 0 Å². The van der Waals surface area contributed by atoms with Crippen LogP contribution in [0.15, 0.2) is 64.2 Å². The van der Waals surface area contributed by atoms with E-state index in [1.165, 1.54) is 35.2 Å². The third-order valence-electron chi connectivity index (χ3n) is 5.33. The summed E-state index contributed by atoms with van der Waals surface area (Å²) >= 11 is 0. The average Bonchev–Trinajstić information content (AvgIpc) is 3.29. The molecule has 1 amide bonds. The molecule has 0 atom stereocenters. The van der Waals surface area contributed by atoms with E-state index in [0.29, 0.717) is 29.9 Å². The first kappa shape index (κ1) is 23.2. The molecule has 4 aromatic rings. The van der Waals surface area contributed by atoms with E-state index in [1.807, 2.05) is 24.3 Å². The number of rotatable bonds is 10. The van der Waals surface area contributed by atoms with Gasteiger partial charge in [0.1, 0.15) is 22.8 Å². The van der Waals surface area contributed by atoms with Crippen molar-refractivity contribution in [2.24, 2.45) is 0 Å². The molecular formula is C25H25FN4O4.